The maximum absolute atomic E-state index is 11.7. The number of nitrogens with one attached hydrogen (secondary N) is 1. The van der Waals surface area contributed by atoms with Gasteiger partial charge in [0.2, 0.25) is 5.91 Å². The van der Waals surface area contributed by atoms with E-state index in [2.05, 4.69) is 5.32 Å². The molecule has 7 heteroatoms. The van der Waals surface area contributed by atoms with Crippen LogP contribution in [0.5, 0.6) is 0 Å². The maximum atomic E-state index is 11.7. The zero-order valence-electron chi connectivity index (χ0n) is 10.9. The largest absolute Gasteiger partial charge is 0.397 e. The Morgan fingerprint density at radius 3 is 2.68 bits per heavy atom. The van der Waals surface area contributed by atoms with E-state index < -0.39 is 0 Å². The molecule has 3 N–H and O–H groups in total. The summed E-state index contributed by atoms with van der Waals surface area (Å²) in [5.41, 5.74) is 6.99. The summed E-state index contributed by atoms with van der Waals surface area (Å²) in [6, 6.07) is 3.21. The molecule has 0 saturated heterocycles. The molecule has 0 spiro atoms. The normalized spacial score (nSPS) is 10.3. The number of hydrogen-bond donors (Lipinski definition) is 2. The SMILES string of the molecule is COCCNC(=O)CN(C)c1cc(Cl)c(Cl)cc1N. The molecule has 0 aliphatic carbocycles. The van der Waals surface area contributed by atoms with E-state index in [9.17, 15) is 4.79 Å². The number of rotatable bonds is 6. The number of carbonyl (C=O) groups excluding carboxylic acids is 1. The number of carbonyl (C=O) groups is 1. The Balaban J connectivity index is 2.65. The van der Waals surface area contributed by atoms with E-state index in [1.807, 2.05) is 0 Å². The summed E-state index contributed by atoms with van der Waals surface area (Å²) >= 11 is 11.8. The van der Waals surface area contributed by atoms with Crippen LogP contribution in [0, 0.1) is 0 Å². The lowest BCUT2D eigenvalue weighted by Crippen LogP contribution is -2.36. The third-order valence-electron chi connectivity index (χ3n) is 2.49. The molecule has 0 aromatic heterocycles. The minimum absolute atomic E-state index is 0.120. The van der Waals surface area contributed by atoms with Crippen molar-refractivity contribution in [2.45, 2.75) is 0 Å². The van der Waals surface area contributed by atoms with Crippen LogP contribution in [-0.4, -0.2) is 39.8 Å². The molecule has 0 atom stereocenters. The molecule has 0 radical (unpaired) electrons. The van der Waals surface area contributed by atoms with Crippen molar-refractivity contribution in [3.63, 3.8) is 0 Å². The molecule has 0 aliphatic heterocycles. The average Bonchev–Trinajstić information content (AvgIpc) is 2.34. The fourth-order valence-corrected chi connectivity index (χ4v) is 1.86. The highest BCUT2D eigenvalue weighted by molar-refractivity contribution is 6.42. The van der Waals surface area contributed by atoms with Crippen LogP contribution in [0.25, 0.3) is 0 Å². The van der Waals surface area contributed by atoms with Gasteiger partial charge in [0.15, 0.2) is 0 Å². The van der Waals surface area contributed by atoms with Gasteiger partial charge >= 0.3 is 0 Å². The zero-order chi connectivity index (χ0) is 14.4. The molecule has 0 heterocycles. The monoisotopic (exact) mass is 305 g/mol. The van der Waals surface area contributed by atoms with Crippen LogP contribution in [-0.2, 0) is 9.53 Å². The number of benzene rings is 1. The Kier molecular flexibility index (Phi) is 6.21. The summed E-state index contributed by atoms with van der Waals surface area (Å²) in [6.45, 7) is 1.12. The Labute approximate surface area is 122 Å². The van der Waals surface area contributed by atoms with E-state index in [1.165, 1.54) is 0 Å². The third kappa shape index (κ3) is 4.78. The first-order chi connectivity index (χ1) is 8.95. The predicted octanol–water partition coefficient (Wildman–Crippen LogP) is 1.77. The van der Waals surface area contributed by atoms with Crippen molar-refractivity contribution < 1.29 is 9.53 Å². The van der Waals surface area contributed by atoms with Gasteiger partial charge in [-0.25, -0.2) is 0 Å². The molecule has 0 saturated carbocycles. The summed E-state index contributed by atoms with van der Waals surface area (Å²) in [5, 5.41) is 3.51. The number of hydrogen-bond acceptors (Lipinski definition) is 4. The quantitative estimate of drug-likeness (QED) is 0.621. The molecular weight excluding hydrogens is 289 g/mol. The van der Waals surface area contributed by atoms with Crippen LogP contribution in [0.3, 0.4) is 0 Å². The molecule has 106 valence electrons. The molecule has 0 aliphatic rings. The molecule has 1 rings (SSSR count). The van der Waals surface area contributed by atoms with Gasteiger partial charge in [-0.3, -0.25) is 4.79 Å². The van der Waals surface area contributed by atoms with Crippen molar-refractivity contribution in [2.75, 3.05) is 44.5 Å². The van der Waals surface area contributed by atoms with E-state index in [0.717, 1.165) is 0 Å². The van der Waals surface area contributed by atoms with Gasteiger partial charge in [-0.15, -0.1) is 0 Å². The van der Waals surface area contributed by atoms with Gasteiger partial charge in [0.05, 0.1) is 34.6 Å². The lowest BCUT2D eigenvalue weighted by atomic mass is 10.2. The second-order valence-corrected chi connectivity index (χ2v) is 4.84. The Morgan fingerprint density at radius 1 is 1.42 bits per heavy atom. The molecular formula is C12H17Cl2N3O2. The van der Waals surface area contributed by atoms with Crippen molar-refractivity contribution in [1.82, 2.24) is 5.32 Å². The maximum Gasteiger partial charge on any atom is 0.239 e. The molecule has 0 bridgehead atoms. The number of methoxy groups -OCH3 is 1. The lowest BCUT2D eigenvalue weighted by molar-refractivity contribution is -0.119. The Hall–Kier alpha value is -1.17. The number of amides is 1. The minimum Gasteiger partial charge on any atom is -0.397 e. The lowest BCUT2D eigenvalue weighted by Gasteiger charge is -2.21. The molecule has 19 heavy (non-hydrogen) atoms. The van der Waals surface area contributed by atoms with E-state index in [1.54, 1.807) is 31.2 Å². The molecule has 1 aromatic rings. The van der Waals surface area contributed by atoms with Crippen LogP contribution in [0.1, 0.15) is 0 Å². The third-order valence-corrected chi connectivity index (χ3v) is 3.21. The van der Waals surface area contributed by atoms with Crippen LogP contribution < -0.4 is 16.0 Å². The highest BCUT2D eigenvalue weighted by Gasteiger charge is 2.12. The number of anilines is 2. The number of ether oxygens (including phenoxy) is 1. The van der Waals surface area contributed by atoms with E-state index in [4.69, 9.17) is 33.7 Å². The number of halogens is 2. The fraction of sp³-hybridized carbons (Fsp3) is 0.417. The van der Waals surface area contributed by atoms with E-state index >= 15 is 0 Å². The molecule has 1 aromatic carbocycles. The topological polar surface area (TPSA) is 67.6 Å². The molecule has 5 nitrogen and oxygen atoms in total. The summed E-state index contributed by atoms with van der Waals surface area (Å²) < 4.78 is 4.85. The van der Waals surface area contributed by atoms with E-state index in [-0.39, 0.29) is 12.5 Å². The number of likely N-dealkylation sites (N-methyl/N-ethyl adjacent to an activating group) is 1. The Morgan fingerprint density at radius 2 is 2.05 bits per heavy atom. The van der Waals surface area contributed by atoms with Crippen LogP contribution in [0.15, 0.2) is 12.1 Å². The van der Waals surface area contributed by atoms with Crippen LogP contribution >= 0.6 is 23.2 Å². The minimum atomic E-state index is -0.120. The summed E-state index contributed by atoms with van der Waals surface area (Å²) in [4.78, 5) is 13.4. The first-order valence-corrected chi connectivity index (χ1v) is 6.42. The van der Waals surface area contributed by atoms with Crippen LogP contribution in [0.4, 0.5) is 11.4 Å². The number of nitrogens with two attached hydrogens (primary N) is 1. The number of nitrogens with zero attached hydrogens (tertiary/aromatic N) is 1. The second kappa shape index (κ2) is 7.43. The van der Waals surface area contributed by atoms with Crippen molar-refractivity contribution >= 4 is 40.5 Å². The van der Waals surface area contributed by atoms with Gasteiger partial charge in [-0.05, 0) is 12.1 Å². The van der Waals surface area contributed by atoms with Crippen molar-refractivity contribution in [3.05, 3.63) is 22.2 Å². The summed E-state index contributed by atoms with van der Waals surface area (Å²) in [5.74, 6) is -0.120. The fourth-order valence-electron chi connectivity index (χ4n) is 1.53. The molecule has 0 unspecified atom stereocenters. The predicted molar refractivity (Wildman–Crippen MR) is 79.0 cm³/mol. The standard InChI is InChI=1S/C12H17Cl2N3O2/c1-17(7-12(18)16-3-4-19-2)11-6-9(14)8(13)5-10(11)15/h5-6H,3-4,7,15H2,1-2H3,(H,16,18). The van der Waals surface area contributed by atoms with Gasteiger partial charge in [0.1, 0.15) is 0 Å². The highest BCUT2D eigenvalue weighted by atomic mass is 35.5. The molecule has 1 amide bonds. The zero-order valence-corrected chi connectivity index (χ0v) is 12.4. The Bertz CT molecular complexity index is 455. The van der Waals surface area contributed by atoms with Gasteiger partial charge in [-0.1, -0.05) is 23.2 Å². The van der Waals surface area contributed by atoms with Crippen molar-refractivity contribution in [3.8, 4) is 0 Å². The van der Waals surface area contributed by atoms with Gasteiger partial charge in [0, 0.05) is 20.7 Å². The summed E-state index contributed by atoms with van der Waals surface area (Å²) in [7, 11) is 3.33. The summed E-state index contributed by atoms with van der Waals surface area (Å²) in [6.07, 6.45) is 0. The highest BCUT2D eigenvalue weighted by Crippen LogP contribution is 2.32. The second-order valence-electron chi connectivity index (χ2n) is 4.02. The number of nitrogen functional groups attached to an aromatic ring is 1. The van der Waals surface area contributed by atoms with E-state index in [0.29, 0.717) is 34.6 Å². The average molecular weight is 306 g/mol. The van der Waals surface area contributed by atoms with Crippen molar-refractivity contribution in [1.29, 1.82) is 0 Å². The molecule has 0 fully saturated rings. The first-order valence-electron chi connectivity index (χ1n) is 5.67. The smallest absolute Gasteiger partial charge is 0.239 e. The van der Waals surface area contributed by atoms with Crippen molar-refractivity contribution in [2.24, 2.45) is 0 Å². The van der Waals surface area contributed by atoms with Gasteiger partial charge < -0.3 is 20.7 Å². The first kappa shape index (κ1) is 15.9. The van der Waals surface area contributed by atoms with Crippen LogP contribution in [0.2, 0.25) is 10.0 Å². The van der Waals surface area contributed by atoms with Gasteiger partial charge in [0.25, 0.3) is 0 Å². The van der Waals surface area contributed by atoms with Gasteiger partial charge in [-0.2, -0.15) is 0 Å².